The van der Waals surface area contributed by atoms with Crippen molar-refractivity contribution in [2.24, 2.45) is 11.5 Å². The van der Waals surface area contributed by atoms with Crippen LogP contribution in [0.4, 0.5) is 0 Å². The molecule has 108 valence electrons. The molecular formula is C12H27N3O3. The van der Waals surface area contributed by atoms with Crippen LogP contribution in [0.15, 0.2) is 0 Å². The molecule has 6 nitrogen and oxygen atoms in total. The fourth-order valence-corrected chi connectivity index (χ4v) is 1.81. The molecule has 0 fully saturated rings. The van der Waals surface area contributed by atoms with E-state index in [2.05, 4.69) is 4.90 Å². The molecule has 0 spiro atoms. The van der Waals surface area contributed by atoms with Crippen LogP contribution in [0.3, 0.4) is 0 Å². The summed E-state index contributed by atoms with van der Waals surface area (Å²) in [5.74, 6) is -0.479. The van der Waals surface area contributed by atoms with Gasteiger partial charge in [-0.1, -0.05) is 0 Å². The Balaban J connectivity index is 4.43. The van der Waals surface area contributed by atoms with E-state index < -0.39 is 11.4 Å². The lowest BCUT2D eigenvalue weighted by molar-refractivity contribution is -0.123. The minimum Gasteiger partial charge on any atom is -0.383 e. The standard InChI is InChI=1S/C12H27N3O3/c1-10(9-12(2,14)11(13)16)15(5-7-17-3)6-8-18-4/h10H,5-9,14H2,1-4H3,(H2,13,16). The van der Waals surface area contributed by atoms with Crippen molar-refractivity contribution in [3.8, 4) is 0 Å². The first-order valence-corrected chi connectivity index (χ1v) is 6.16. The van der Waals surface area contributed by atoms with E-state index in [1.165, 1.54) is 0 Å². The van der Waals surface area contributed by atoms with E-state index in [1.807, 2.05) is 6.92 Å². The van der Waals surface area contributed by atoms with Gasteiger partial charge in [-0.15, -0.1) is 0 Å². The van der Waals surface area contributed by atoms with E-state index in [-0.39, 0.29) is 6.04 Å². The quantitative estimate of drug-likeness (QED) is 0.556. The van der Waals surface area contributed by atoms with Gasteiger partial charge in [0.25, 0.3) is 0 Å². The van der Waals surface area contributed by atoms with Crippen molar-refractivity contribution in [2.45, 2.75) is 31.8 Å². The molecule has 2 atom stereocenters. The Bertz CT molecular complexity index is 239. The second-order valence-electron chi connectivity index (χ2n) is 4.86. The molecule has 0 saturated heterocycles. The van der Waals surface area contributed by atoms with Crippen LogP contribution in [-0.4, -0.2) is 62.9 Å². The van der Waals surface area contributed by atoms with E-state index in [1.54, 1.807) is 21.1 Å². The minimum absolute atomic E-state index is 0.137. The molecule has 0 aromatic carbocycles. The van der Waals surface area contributed by atoms with Gasteiger partial charge in [0.15, 0.2) is 0 Å². The van der Waals surface area contributed by atoms with Crippen molar-refractivity contribution in [2.75, 3.05) is 40.5 Å². The smallest absolute Gasteiger partial charge is 0.237 e. The molecule has 6 heteroatoms. The van der Waals surface area contributed by atoms with Gasteiger partial charge < -0.3 is 20.9 Å². The number of hydrogen-bond acceptors (Lipinski definition) is 5. The van der Waals surface area contributed by atoms with Crippen LogP contribution >= 0.6 is 0 Å². The highest BCUT2D eigenvalue weighted by molar-refractivity contribution is 5.83. The SMILES string of the molecule is COCCN(CCOC)C(C)CC(C)(N)C(N)=O. The monoisotopic (exact) mass is 261 g/mol. The average Bonchev–Trinajstić information content (AvgIpc) is 2.28. The number of carbonyl (C=O) groups excluding carboxylic acids is 1. The van der Waals surface area contributed by atoms with Crippen molar-refractivity contribution >= 4 is 5.91 Å². The van der Waals surface area contributed by atoms with Crippen LogP contribution in [0.5, 0.6) is 0 Å². The maximum Gasteiger partial charge on any atom is 0.237 e. The topological polar surface area (TPSA) is 90.8 Å². The van der Waals surface area contributed by atoms with Gasteiger partial charge in [0, 0.05) is 33.4 Å². The summed E-state index contributed by atoms with van der Waals surface area (Å²) in [7, 11) is 3.32. The van der Waals surface area contributed by atoms with Crippen LogP contribution < -0.4 is 11.5 Å². The van der Waals surface area contributed by atoms with Gasteiger partial charge in [-0.05, 0) is 20.3 Å². The van der Waals surface area contributed by atoms with Gasteiger partial charge in [0.1, 0.15) is 0 Å². The lowest BCUT2D eigenvalue weighted by Gasteiger charge is -2.33. The predicted molar refractivity (Wildman–Crippen MR) is 71.2 cm³/mol. The molecule has 0 radical (unpaired) electrons. The maximum atomic E-state index is 11.2. The molecule has 0 heterocycles. The fraction of sp³-hybridized carbons (Fsp3) is 0.917. The zero-order valence-corrected chi connectivity index (χ0v) is 11.9. The third-order valence-corrected chi connectivity index (χ3v) is 3.07. The van der Waals surface area contributed by atoms with E-state index in [0.717, 1.165) is 13.1 Å². The number of nitrogens with zero attached hydrogens (tertiary/aromatic N) is 1. The Morgan fingerprint density at radius 3 is 2.06 bits per heavy atom. The molecule has 0 bridgehead atoms. The van der Waals surface area contributed by atoms with Gasteiger partial charge in [0.2, 0.25) is 5.91 Å². The summed E-state index contributed by atoms with van der Waals surface area (Å²) >= 11 is 0. The van der Waals surface area contributed by atoms with Gasteiger partial charge >= 0.3 is 0 Å². The summed E-state index contributed by atoms with van der Waals surface area (Å²) < 4.78 is 10.1. The maximum absolute atomic E-state index is 11.2. The number of primary amides is 1. The molecule has 0 saturated carbocycles. The van der Waals surface area contributed by atoms with Crippen molar-refractivity contribution in [3.63, 3.8) is 0 Å². The van der Waals surface area contributed by atoms with E-state index in [0.29, 0.717) is 19.6 Å². The van der Waals surface area contributed by atoms with E-state index in [4.69, 9.17) is 20.9 Å². The molecule has 0 aliphatic rings. The van der Waals surface area contributed by atoms with Crippen LogP contribution in [0.1, 0.15) is 20.3 Å². The average molecular weight is 261 g/mol. The molecular weight excluding hydrogens is 234 g/mol. The number of methoxy groups -OCH3 is 2. The van der Waals surface area contributed by atoms with Crippen molar-refractivity contribution in [1.29, 1.82) is 0 Å². The van der Waals surface area contributed by atoms with Gasteiger partial charge in [-0.25, -0.2) is 0 Å². The highest BCUT2D eigenvalue weighted by atomic mass is 16.5. The number of nitrogens with two attached hydrogens (primary N) is 2. The largest absolute Gasteiger partial charge is 0.383 e. The molecule has 0 aliphatic carbocycles. The summed E-state index contributed by atoms with van der Waals surface area (Å²) in [6.07, 6.45) is 0.510. The Kier molecular flexibility index (Phi) is 8.10. The third-order valence-electron chi connectivity index (χ3n) is 3.07. The van der Waals surface area contributed by atoms with Crippen LogP contribution in [0, 0.1) is 0 Å². The molecule has 2 unspecified atom stereocenters. The number of rotatable bonds is 10. The Morgan fingerprint density at radius 1 is 1.28 bits per heavy atom. The minimum atomic E-state index is -0.988. The fourth-order valence-electron chi connectivity index (χ4n) is 1.81. The van der Waals surface area contributed by atoms with Crippen LogP contribution in [-0.2, 0) is 14.3 Å². The molecule has 4 N–H and O–H groups in total. The Hall–Kier alpha value is -0.690. The number of carbonyl (C=O) groups is 1. The Morgan fingerprint density at radius 2 is 1.72 bits per heavy atom. The van der Waals surface area contributed by atoms with Crippen molar-refractivity contribution < 1.29 is 14.3 Å². The van der Waals surface area contributed by atoms with Gasteiger partial charge in [0.05, 0.1) is 18.8 Å². The summed E-state index contributed by atoms with van der Waals surface area (Å²) in [4.78, 5) is 13.4. The Labute approximate surface area is 110 Å². The normalized spacial score (nSPS) is 16.6. The first kappa shape index (κ1) is 17.3. The number of ether oxygens (including phenoxy) is 2. The highest BCUT2D eigenvalue weighted by Crippen LogP contribution is 2.13. The lowest BCUT2D eigenvalue weighted by Crippen LogP contribution is -2.53. The molecule has 0 rings (SSSR count). The first-order chi connectivity index (χ1) is 8.35. The molecule has 0 aromatic rings. The van der Waals surface area contributed by atoms with E-state index >= 15 is 0 Å². The third kappa shape index (κ3) is 6.30. The zero-order valence-electron chi connectivity index (χ0n) is 11.9. The second kappa shape index (κ2) is 8.42. The molecule has 0 aromatic heterocycles. The van der Waals surface area contributed by atoms with E-state index in [9.17, 15) is 4.79 Å². The highest BCUT2D eigenvalue weighted by Gasteiger charge is 2.30. The number of amides is 1. The van der Waals surface area contributed by atoms with Crippen molar-refractivity contribution in [3.05, 3.63) is 0 Å². The number of hydrogen-bond donors (Lipinski definition) is 2. The summed E-state index contributed by atoms with van der Waals surface area (Å²) in [6.45, 7) is 6.50. The lowest BCUT2D eigenvalue weighted by atomic mass is 9.93. The first-order valence-electron chi connectivity index (χ1n) is 6.16. The van der Waals surface area contributed by atoms with Gasteiger partial charge in [-0.3, -0.25) is 9.69 Å². The molecule has 1 amide bonds. The summed E-state index contributed by atoms with van der Waals surface area (Å²) in [5.41, 5.74) is 10.2. The summed E-state index contributed by atoms with van der Waals surface area (Å²) in [6, 6.07) is 0.137. The molecule has 0 aliphatic heterocycles. The van der Waals surface area contributed by atoms with Crippen LogP contribution in [0.25, 0.3) is 0 Å². The summed E-state index contributed by atoms with van der Waals surface area (Å²) in [5, 5.41) is 0. The van der Waals surface area contributed by atoms with Crippen LogP contribution in [0.2, 0.25) is 0 Å². The molecule has 18 heavy (non-hydrogen) atoms. The zero-order chi connectivity index (χ0) is 14.2. The van der Waals surface area contributed by atoms with Gasteiger partial charge in [-0.2, -0.15) is 0 Å². The van der Waals surface area contributed by atoms with Crippen molar-refractivity contribution in [1.82, 2.24) is 4.90 Å². The predicted octanol–water partition coefficient (Wildman–Crippen LogP) is -0.437. The second-order valence-corrected chi connectivity index (χ2v) is 4.86.